The molecule has 0 amide bonds. The molecule has 17 heavy (non-hydrogen) atoms. The van der Waals surface area contributed by atoms with E-state index in [1.165, 1.54) is 17.3 Å². The molecule has 3 aromatic rings. The number of hydrogen-bond acceptors (Lipinski definition) is 0. The first-order chi connectivity index (χ1) is 8.24. The van der Waals surface area contributed by atoms with Gasteiger partial charge in [-0.1, -0.05) is 24.3 Å². The molecule has 0 spiro atoms. The summed E-state index contributed by atoms with van der Waals surface area (Å²) in [4.78, 5) is 0. The quantitative estimate of drug-likeness (QED) is 0.577. The third-order valence-electron chi connectivity index (χ3n) is 2.75. The van der Waals surface area contributed by atoms with E-state index in [1.54, 1.807) is 0 Å². The van der Waals surface area contributed by atoms with Gasteiger partial charge in [0.15, 0.2) is 0 Å². The lowest BCUT2D eigenvalue weighted by Gasteiger charge is -1.99. The molecule has 0 saturated carbocycles. The second-order valence-corrected chi connectivity index (χ2v) is 5.22. The maximum atomic E-state index is 13.6. The van der Waals surface area contributed by atoms with E-state index in [0.29, 0.717) is 13.8 Å². The van der Waals surface area contributed by atoms with E-state index in [-0.39, 0.29) is 0 Å². The number of benzene rings is 2. The van der Waals surface area contributed by atoms with Gasteiger partial charge in [-0.25, -0.2) is 8.78 Å². The maximum absolute atomic E-state index is 13.6. The fourth-order valence-electron chi connectivity index (χ4n) is 1.93. The Morgan fingerprint density at radius 2 is 1.71 bits per heavy atom. The van der Waals surface area contributed by atoms with Gasteiger partial charge < -0.3 is 0 Å². The molecule has 0 aliphatic carbocycles. The molecular formula is C14H9F2P. The van der Waals surface area contributed by atoms with Crippen molar-refractivity contribution in [1.29, 1.82) is 0 Å². The van der Waals surface area contributed by atoms with Crippen LogP contribution in [0.1, 0.15) is 0 Å². The standard InChI is InChI=1S/C14H9F2P/c15-10-5-6-11(12(16)8-10)14-7-9-3-1-2-4-13(9)17-14/h1-8,17H. The van der Waals surface area contributed by atoms with Gasteiger partial charge in [-0.3, -0.25) is 0 Å². The van der Waals surface area contributed by atoms with E-state index in [0.717, 1.165) is 16.7 Å². The van der Waals surface area contributed by atoms with Crippen LogP contribution in [0.25, 0.3) is 21.4 Å². The summed E-state index contributed by atoms with van der Waals surface area (Å²) in [5.41, 5.74) is 0.501. The van der Waals surface area contributed by atoms with Crippen molar-refractivity contribution in [2.24, 2.45) is 0 Å². The highest BCUT2D eigenvalue weighted by atomic mass is 31.0. The largest absolute Gasteiger partial charge is 0.207 e. The fraction of sp³-hybridized carbons (Fsp3) is 0. The molecule has 0 bridgehead atoms. The summed E-state index contributed by atoms with van der Waals surface area (Å²) < 4.78 is 26.5. The smallest absolute Gasteiger partial charge is 0.134 e. The normalized spacial score (nSPS) is 11.4. The van der Waals surface area contributed by atoms with E-state index in [9.17, 15) is 8.78 Å². The zero-order valence-electron chi connectivity index (χ0n) is 8.87. The molecule has 1 aromatic heterocycles. The number of rotatable bonds is 1. The molecule has 1 heterocycles. The van der Waals surface area contributed by atoms with Crippen molar-refractivity contribution in [1.82, 2.24) is 0 Å². The highest BCUT2D eigenvalue weighted by Crippen LogP contribution is 2.38. The van der Waals surface area contributed by atoms with Crippen LogP contribution < -0.4 is 0 Å². The van der Waals surface area contributed by atoms with Crippen molar-refractivity contribution in [3.8, 4) is 10.9 Å². The Labute approximate surface area is 99.0 Å². The van der Waals surface area contributed by atoms with Crippen LogP contribution in [0.5, 0.6) is 0 Å². The van der Waals surface area contributed by atoms with Gasteiger partial charge in [-0.2, -0.15) is 0 Å². The van der Waals surface area contributed by atoms with Gasteiger partial charge in [-0.05, 0) is 28.7 Å². The first-order valence-electron chi connectivity index (χ1n) is 5.27. The molecule has 0 N–H and O–H groups in total. The van der Waals surface area contributed by atoms with Crippen LogP contribution >= 0.6 is 8.19 Å². The van der Waals surface area contributed by atoms with Gasteiger partial charge in [0.05, 0.1) is 0 Å². The molecule has 0 nitrogen and oxygen atoms in total. The average molecular weight is 246 g/mol. The van der Waals surface area contributed by atoms with Crippen LogP contribution in [0.3, 0.4) is 0 Å². The lowest BCUT2D eigenvalue weighted by molar-refractivity contribution is 0.586. The van der Waals surface area contributed by atoms with Crippen molar-refractivity contribution in [2.45, 2.75) is 0 Å². The summed E-state index contributed by atoms with van der Waals surface area (Å²) >= 11 is 0. The minimum absolute atomic E-state index is 0.440. The SMILES string of the molecule is Fc1ccc(-c2cc3ccccc3[pH]2)c(F)c1. The van der Waals surface area contributed by atoms with Crippen LogP contribution in [-0.4, -0.2) is 0 Å². The highest BCUT2D eigenvalue weighted by molar-refractivity contribution is 7.40. The van der Waals surface area contributed by atoms with Crippen LogP contribution in [0.4, 0.5) is 8.78 Å². The lowest BCUT2D eigenvalue weighted by Crippen LogP contribution is -1.82. The zero-order valence-corrected chi connectivity index (χ0v) is 9.87. The van der Waals surface area contributed by atoms with Gasteiger partial charge in [0.1, 0.15) is 11.6 Å². The number of halogens is 2. The van der Waals surface area contributed by atoms with Crippen LogP contribution in [0.15, 0.2) is 48.5 Å². The minimum atomic E-state index is -0.536. The van der Waals surface area contributed by atoms with Crippen molar-refractivity contribution in [2.75, 3.05) is 0 Å². The first kappa shape index (κ1) is 10.5. The third-order valence-corrected chi connectivity index (χ3v) is 4.16. The molecule has 3 heteroatoms. The summed E-state index contributed by atoms with van der Waals surface area (Å²) in [6.45, 7) is 0. The summed E-state index contributed by atoms with van der Waals surface area (Å²) in [6, 6.07) is 13.7. The molecule has 0 aliphatic heterocycles. The number of hydrogen-bond donors (Lipinski definition) is 0. The Morgan fingerprint density at radius 1 is 0.882 bits per heavy atom. The summed E-state index contributed by atoms with van der Waals surface area (Å²) in [6.07, 6.45) is 0. The van der Waals surface area contributed by atoms with Crippen LogP contribution in [0, 0.1) is 11.6 Å². The Balaban J connectivity index is 2.20. The molecule has 0 radical (unpaired) electrons. The molecule has 1 atom stereocenters. The summed E-state index contributed by atoms with van der Waals surface area (Å²) in [7, 11) is 0.440. The molecule has 2 aromatic carbocycles. The second kappa shape index (κ2) is 3.97. The molecule has 1 unspecified atom stereocenters. The monoisotopic (exact) mass is 246 g/mol. The molecule has 0 fully saturated rings. The Bertz CT molecular complexity index is 653. The van der Waals surface area contributed by atoms with E-state index >= 15 is 0 Å². The fourth-order valence-corrected chi connectivity index (χ4v) is 3.26. The predicted octanol–water partition coefficient (Wildman–Crippen LogP) is 4.82. The predicted molar refractivity (Wildman–Crippen MR) is 68.8 cm³/mol. The zero-order chi connectivity index (χ0) is 11.8. The Morgan fingerprint density at radius 3 is 2.47 bits per heavy atom. The van der Waals surface area contributed by atoms with E-state index in [2.05, 4.69) is 0 Å². The van der Waals surface area contributed by atoms with E-state index < -0.39 is 11.6 Å². The first-order valence-corrected chi connectivity index (χ1v) is 6.27. The van der Waals surface area contributed by atoms with Crippen LogP contribution in [-0.2, 0) is 0 Å². The van der Waals surface area contributed by atoms with Crippen molar-refractivity contribution >= 4 is 18.7 Å². The number of fused-ring (bicyclic) bond motifs is 1. The molecule has 0 aliphatic rings. The van der Waals surface area contributed by atoms with Gasteiger partial charge in [-0.15, -0.1) is 8.19 Å². The molecule has 0 saturated heterocycles. The van der Waals surface area contributed by atoms with E-state index in [1.807, 2.05) is 30.3 Å². The molecular weight excluding hydrogens is 237 g/mol. The summed E-state index contributed by atoms with van der Waals surface area (Å²) in [5, 5.41) is 3.28. The van der Waals surface area contributed by atoms with Gasteiger partial charge in [0, 0.05) is 16.9 Å². The lowest BCUT2D eigenvalue weighted by atomic mass is 10.1. The minimum Gasteiger partial charge on any atom is -0.207 e. The topological polar surface area (TPSA) is 0 Å². The third kappa shape index (κ3) is 1.85. The van der Waals surface area contributed by atoms with E-state index in [4.69, 9.17) is 0 Å². The molecule has 84 valence electrons. The molecule has 3 rings (SSSR count). The maximum Gasteiger partial charge on any atom is 0.134 e. The Kier molecular flexibility index (Phi) is 2.45. The average Bonchev–Trinajstić information content (AvgIpc) is 2.72. The van der Waals surface area contributed by atoms with Gasteiger partial charge >= 0.3 is 0 Å². The van der Waals surface area contributed by atoms with Crippen LogP contribution in [0.2, 0.25) is 0 Å². The van der Waals surface area contributed by atoms with Crippen molar-refractivity contribution < 1.29 is 8.78 Å². The van der Waals surface area contributed by atoms with Crippen molar-refractivity contribution in [3.63, 3.8) is 0 Å². The highest BCUT2D eigenvalue weighted by Gasteiger charge is 2.08. The second-order valence-electron chi connectivity index (χ2n) is 3.89. The van der Waals surface area contributed by atoms with Crippen molar-refractivity contribution in [3.05, 3.63) is 60.2 Å². The van der Waals surface area contributed by atoms with Gasteiger partial charge in [0.25, 0.3) is 0 Å². The Hall–Kier alpha value is -1.66. The summed E-state index contributed by atoms with van der Waals surface area (Å²) in [5.74, 6) is -1.03. The van der Waals surface area contributed by atoms with Gasteiger partial charge in [0.2, 0.25) is 0 Å².